The van der Waals surface area contributed by atoms with Crippen molar-refractivity contribution < 1.29 is 13.2 Å². The second kappa shape index (κ2) is 5.37. The molecule has 1 atom stereocenters. The Labute approximate surface area is 118 Å². The molecule has 1 fully saturated rings. The van der Waals surface area contributed by atoms with Gasteiger partial charge < -0.3 is 5.32 Å². The lowest BCUT2D eigenvalue weighted by Crippen LogP contribution is -2.58. The van der Waals surface area contributed by atoms with Crippen LogP contribution in [0.2, 0.25) is 0 Å². The zero-order chi connectivity index (χ0) is 15.0. The summed E-state index contributed by atoms with van der Waals surface area (Å²) in [6, 6.07) is 5.62. The molecule has 1 aromatic carbocycles. The Kier molecular flexibility index (Phi) is 4.12. The topological polar surface area (TPSA) is 15.3 Å². The zero-order valence-electron chi connectivity index (χ0n) is 12.1. The number of halogens is 3. The number of hydrogen-bond donors (Lipinski definition) is 1. The average Bonchev–Trinajstić information content (AvgIpc) is 2.36. The Bertz CT molecular complexity index is 468. The summed E-state index contributed by atoms with van der Waals surface area (Å²) in [5.74, 6) is 0. The monoisotopic (exact) mass is 286 g/mol. The number of nitrogens with one attached hydrogen (secondary N) is 1. The van der Waals surface area contributed by atoms with Gasteiger partial charge in [0.2, 0.25) is 0 Å². The van der Waals surface area contributed by atoms with Crippen LogP contribution in [0.4, 0.5) is 13.2 Å². The SMILES string of the molecule is CC(c1ccccc1C(F)(F)F)N1CCNCC1(C)C. The molecule has 0 saturated carbocycles. The van der Waals surface area contributed by atoms with Crippen LogP contribution < -0.4 is 5.32 Å². The first-order chi connectivity index (χ1) is 9.23. The Morgan fingerprint density at radius 3 is 2.50 bits per heavy atom. The summed E-state index contributed by atoms with van der Waals surface area (Å²) < 4.78 is 39.4. The van der Waals surface area contributed by atoms with Crippen molar-refractivity contribution >= 4 is 0 Å². The molecule has 1 saturated heterocycles. The maximum atomic E-state index is 13.1. The van der Waals surface area contributed by atoms with E-state index in [0.717, 1.165) is 19.6 Å². The fourth-order valence-corrected chi connectivity index (χ4v) is 3.00. The maximum Gasteiger partial charge on any atom is 0.416 e. The quantitative estimate of drug-likeness (QED) is 0.896. The minimum absolute atomic E-state index is 0.156. The van der Waals surface area contributed by atoms with Gasteiger partial charge in [-0.05, 0) is 32.4 Å². The first-order valence-electron chi connectivity index (χ1n) is 6.87. The smallest absolute Gasteiger partial charge is 0.314 e. The van der Waals surface area contributed by atoms with E-state index in [4.69, 9.17) is 0 Å². The Morgan fingerprint density at radius 1 is 1.25 bits per heavy atom. The molecule has 0 amide bonds. The highest BCUT2D eigenvalue weighted by atomic mass is 19.4. The molecule has 0 aliphatic carbocycles. The standard InChI is InChI=1S/C15H21F3N2/c1-11(20-9-8-19-10-14(20,2)3)12-6-4-5-7-13(12)15(16,17)18/h4-7,11,19H,8-10H2,1-3H3. The second-order valence-electron chi connectivity index (χ2n) is 5.94. The van der Waals surface area contributed by atoms with Crippen LogP contribution in [0.5, 0.6) is 0 Å². The van der Waals surface area contributed by atoms with Crippen molar-refractivity contribution in [2.45, 2.75) is 38.5 Å². The minimum atomic E-state index is -4.30. The lowest BCUT2D eigenvalue weighted by Gasteiger charge is -2.46. The Hall–Kier alpha value is -1.07. The lowest BCUT2D eigenvalue weighted by molar-refractivity contribution is -0.139. The van der Waals surface area contributed by atoms with E-state index in [2.05, 4.69) is 24.1 Å². The number of piperazine rings is 1. The van der Waals surface area contributed by atoms with Gasteiger partial charge >= 0.3 is 6.18 Å². The van der Waals surface area contributed by atoms with Crippen LogP contribution in [0, 0.1) is 0 Å². The number of benzene rings is 1. The Balaban J connectivity index is 2.36. The van der Waals surface area contributed by atoms with Crippen molar-refractivity contribution in [2.24, 2.45) is 0 Å². The number of hydrogen-bond acceptors (Lipinski definition) is 2. The predicted molar refractivity (Wildman–Crippen MR) is 73.5 cm³/mol. The number of alkyl halides is 3. The largest absolute Gasteiger partial charge is 0.416 e. The average molecular weight is 286 g/mol. The molecule has 1 aromatic rings. The van der Waals surface area contributed by atoms with E-state index in [0.29, 0.717) is 5.56 Å². The molecule has 0 spiro atoms. The minimum Gasteiger partial charge on any atom is -0.314 e. The molecule has 1 N–H and O–H groups in total. The van der Waals surface area contributed by atoms with E-state index >= 15 is 0 Å². The summed E-state index contributed by atoms with van der Waals surface area (Å²) in [7, 11) is 0. The highest BCUT2D eigenvalue weighted by molar-refractivity contribution is 5.32. The molecular formula is C15H21F3N2. The van der Waals surface area contributed by atoms with Crippen molar-refractivity contribution in [3.63, 3.8) is 0 Å². The van der Waals surface area contributed by atoms with Crippen LogP contribution in [-0.4, -0.2) is 30.1 Å². The first-order valence-corrected chi connectivity index (χ1v) is 6.87. The summed E-state index contributed by atoms with van der Waals surface area (Å²) in [5.41, 5.74) is -0.326. The molecule has 2 rings (SSSR count). The van der Waals surface area contributed by atoms with Gasteiger partial charge in [0.15, 0.2) is 0 Å². The van der Waals surface area contributed by atoms with Crippen LogP contribution in [0.25, 0.3) is 0 Å². The lowest BCUT2D eigenvalue weighted by atomic mass is 9.92. The van der Waals surface area contributed by atoms with Gasteiger partial charge in [-0.3, -0.25) is 4.90 Å². The molecule has 1 unspecified atom stereocenters. The number of nitrogens with zero attached hydrogens (tertiary/aromatic N) is 1. The zero-order valence-corrected chi connectivity index (χ0v) is 12.1. The van der Waals surface area contributed by atoms with E-state index in [1.54, 1.807) is 12.1 Å². The van der Waals surface area contributed by atoms with Gasteiger partial charge in [0.25, 0.3) is 0 Å². The van der Waals surface area contributed by atoms with Gasteiger partial charge in [-0.25, -0.2) is 0 Å². The fourth-order valence-electron chi connectivity index (χ4n) is 3.00. The van der Waals surface area contributed by atoms with Crippen molar-refractivity contribution in [1.29, 1.82) is 0 Å². The molecule has 0 bridgehead atoms. The van der Waals surface area contributed by atoms with E-state index in [1.165, 1.54) is 12.1 Å². The van der Waals surface area contributed by atoms with Crippen LogP contribution in [0.15, 0.2) is 24.3 Å². The second-order valence-corrected chi connectivity index (χ2v) is 5.94. The summed E-state index contributed by atoms with van der Waals surface area (Å²) >= 11 is 0. The summed E-state index contributed by atoms with van der Waals surface area (Å²) in [4.78, 5) is 2.15. The van der Waals surface area contributed by atoms with Crippen molar-refractivity contribution in [1.82, 2.24) is 10.2 Å². The molecule has 5 heteroatoms. The Morgan fingerprint density at radius 2 is 1.90 bits per heavy atom. The highest BCUT2D eigenvalue weighted by Crippen LogP contribution is 2.38. The first kappa shape index (κ1) is 15.3. The third-order valence-corrected chi connectivity index (χ3v) is 4.05. The summed E-state index contributed by atoms with van der Waals surface area (Å²) in [5, 5.41) is 3.29. The highest BCUT2D eigenvalue weighted by Gasteiger charge is 2.38. The van der Waals surface area contributed by atoms with Crippen molar-refractivity contribution in [3.8, 4) is 0 Å². The molecule has 1 aliphatic heterocycles. The molecule has 112 valence electrons. The van der Waals surface area contributed by atoms with Crippen LogP contribution in [0.1, 0.15) is 37.9 Å². The normalized spacial score (nSPS) is 21.7. The summed E-state index contributed by atoms with van der Waals surface area (Å²) in [6.07, 6.45) is -4.30. The summed E-state index contributed by atoms with van der Waals surface area (Å²) in [6.45, 7) is 8.32. The van der Waals surface area contributed by atoms with Crippen LogP contribution in [0.3, 0.4) is 0 Å². The van der Waals surface area contributed by atoms with Gasteiger partial charge in [0.1, 0.15) is 0 Å². The van der Waals surface area contributed by atoms with Gasteiger partial charge in [-0.1, -0.05) is 18.2 Å². The third-order valence-electron chi connectivity index (χ3n) is 4.05. The van der Waals surface area contributed by atoms with E-state index in [-0.39, 0.29) is 11.6 Å². The van der Waals surface area contributed by atoms with Gasteiger partial charge in [-0.2, -0.15) is 13.2 Å². The van der Waals surface area contributed by atoms with Gasteiger partial charge in [0.05, 0.1) is 5.56 Å². The number of rotatable bonds is 2. The molecule has 2 nitrogen and oxygen atoms in total. The van der Waals surface area contributed by atoms with E-state index < -0.39 is 11.7 Å². The van der Waals surface area contributed by atoms with Crippen LogP contribution in [-0.2, 0) is 6.18 Å². The molecule has 20 heavy (non-hydrogen) atoms. The predicted octanol–water partition coefficient (Wildman–Crippen LogP) is 3.45. The molecule has 0 aromatic heterocycles. The fraction of sp³-hybridized carbons (Fsp3) is 0.600. The van der Waals surface area contributed by atoms with Crippen LogP contribution >= 0.6 is 0 Å². The van der Waals surface area contributed by atoms with Gasteiger partial charge in [-0.15, -0.1) is 0 Å². The molecule has 1 heterocycles. The van der Waals surface area contributed by atoms with E-state index in [9.17, 15) is 13.2 Å². The van der Waals surface area contributed by atoms with E-state index in [1.807, 2.05) is 6.92 Å². The van der Waals surface area contributed by atoms with Gasteiger partial charge in [0, 0.05) is 31.2 Å². The van der Waals surface area contributed by atoms with Crippen molar-refractivity contribution in [2.75, 3.05) is 19.6 Å². The molecule has 0 radical (unpaired) electrons. The maximum absolute atomic E-state index is 13.1. The molecular weight excluding hydrogens is 265 g/mol. The molecule has 1 aliphatic rings. The third kappa shape index (κ3) is 2.99. The van der Waals surface area contributed by atoms with Crippen molar-refractivity contribution in [3.05, 3.63) is 35.4 Å².